The fourth-order valence-electron chi connectivity index (χ4n) is 1.46. The lowest BCUT2D eigenvalue weighted by Crippen LogP contribution is -2.27. The van der Waals surface area contributed by atoms with Crippen molar-refractivity contribution in [2.75, 3.05) is 0 Å². The molecule has 0 saturated carbocycles. The van der Waals surface area contributed by atoms with Crippen molar-refractivity contribution in [1.29, 1.82) is 0 Å². The van der Waals surface area contributed by atoms with Crippen molar-refractivity contribution in [3.05, 3.63) is 47.7 Å². The van der Waals surface area contributed by atoms with Crippen LogP contribution in [0.15, 0.2) is 28.9 Å². The van der Waals surface area contributed by atoms with E-state index in [1.54, 1.807) is 20.0 Å². The SMILES string of the molecule is Cc1cnc(C(C)NC(=O)c2ccnc(F)c2)o1. The van der Waals surface area contributed by atoms with Gasteiger partial charge in [-0.2, -0.15) is 4.39 Å². The molecule has 2 aromatic rings. The molecule has 0 fully saturated rings. The first kappa shape index (κ1) is 12.2. The Labute approximate surface area is 103 Å². The number of nitrogens with one attached hydrogen (secondary N) is 1. The first-order chi connectivity index (χ1) is 8.56. The molecule has 1 N–H and O–H groups in total. The molecule has 0 saturated heterocycles. The van der Waals surface area contributed by atoms with Crippen molar-refractivity contribution in [3.63, 3.8) is 0 Å². The molecule has 0 aliphatic rings. The standard InChI is InChI=1S/C12H12FN3O2/c1-7-6-15-12(18-7)8(2)16-11(17)9-3-4-14-10(13)5-9/h3-6,8H,1-2H3,(H,16,17). The van der Waals surface area contributed by atoms with Crippen molar-refractivity contribution in [2.45, 2.75) is 19.9 Å². The van der Waals surface area contributed by atoms with Crippen molar-refractivity contribution in [1.82, 2.24) is 15.3 Å². The lowest BCUT2D eigenvalue weighted by atomic mass is 10.2. The van der Waals surface area contributed by atoms with E-state index in [0.29, 0.717) is 11.7 Å². The molecular weight excluding hydrogens is 237 g/mol. The zero-order valence-corrected chi connectivity index (χ0v) is 9.98. The Hall–Kier alpha value is -2.24. The fraction of sp³-hybridized carbons (Fsp3) is 0.250. The Morgan fingerprint density at radius 2 is 2.28 bits per heavy atom. The Balaban J connectivity index is 2.08. The lowest BCUT2D eigenvalue weighted by molar-refractivity contribution is 0.0933. The number of carbonyl (C=O) groups excluding carboxylic acids is 1. The third kappa shape index (κ3) is 2.71. The van der Waals surface area contributed by atoms with Crippen LogP contribution in [0.2, 0.25) is 0 Å². The number of pyridine rings is 1. The second-order valence-electron chi connectivity index (χ2n) is 3.87. The average molecular weight is 249 g/mol. The quantitative estimate of drug-likeness (QED) is 0.845. The van der Waals surface area contributed by atoms with Crippen LogP contribution in [0.25, 0.3) is 0 Å². The number of carbonyl (C=O) groups is 1. The second kappa shape index (κ2) is 4.95. The van der Waals surface area contributed by atoms with Gasteiger partial charge in [0.05, 0.1) is 6.20 Å². The minimum Gasteiger partial charge on any atom is -0.444 e. The third-order valence-electron chi connectivity index (χ3n) is 2.35. The van der Waals surface area contributed by atoms with E-state index >= 15 is 0 Å². The Morgan fingerprint density at radius 1 is 1.50 bits per heavy atom. The highest BCUT2D eigenvalue weighted by molar-refractivity contribution is 5.94. The summed E-state index contributed by atoms with van der Waals surface area (Å²) < 4.78 is 18.2. The maximum absolute atomic E-state index is 12.9. The average Bonchev–Trinajstić information content (AvgIpc) is 2.76. The summed E-state index contributed by atoms with van der Waals surface area (Å²) in [5.41, 5.74) is 0.206. The normalized spacial score (nSPS) is 12.2. The summed E-state index contributed by atoms with van der Waals surface area (Å²) in [5, 5.41) is 2.66. The molecule has 6 heteroatoms. The fourth-order valence-corrected chi connectivity index (χ4v) is 1.46. The number of oxazole rings is 1. The van der Waals surface area contributed by atoms with Gasteiger partial charge in [0, 0.05) is 17.8 Å². The predicted octanol–water partition coefficient (Wildman–Crippen LogP) is 2.01. The lowest BCUT2D eigenvalue weighted by Gasteiger charge is -2.10. The van der Waals surface area contributed by atoms with Gasteiger partial charge in [0.1, 0.15) is 11.8 Å². The van der Waals surface area contributed by atoms with E-state index < -0.39 is 11.9 Å². The van der Waals surface area contributed by atoms with E-state index in [4.69, 9.17) is 4.42 Å². The van der Waals surface area contributed by atoms with Crippen molar-refractivity contribution in [2.24, 2.45) is 0 Å². The Bertz CT molecular complexity index is 568. The Morgan fingerprint density at radius 3 is 2.89 bits per heavy atom. The molecular formula is C12H12FN3O2. The van der Waals surface area contributed by atoms with Crippen LogP contribution in [0.4, 0.5) is 4.39 Å². The molecule has 0 spiro atoms. The van der Waals surface area contributed by atoms with Crippen LogP contribution >= 0.6 is 0 Å². The molecule has 2 aromatic heterocycles. The highest BCUT2D eigenvalue weighted by Gasteiger charge is 2.15. The molecule has 18 heavy (non-hydrogen) atoms. The summed E-state index contributed by atoms with van der Waals surface area (Å²) in [5.74, 6) is -0.0154. The van der Waals surface area contributed by atoms with Crippen LogP contribution in [0.1, 0.15) is 35.0 Å². The van der Waals surface area contributed by atoms with Crippen molar-refractivity contribution >= 4 is 5.91 Å². The third-order valence-corrected chi connectivity index (χ3v) is 2.35. The van der Waals surface area contributed by atoms with E-state index in [-0.39, 0.29) is 11.6 Å². The number of nitrogens with zero attached hydrogens (tertiary/aromatic N) is 2. The predicted molar refractivity (Wildman–Crippen MR) is 61.3 cm³/mol. The number of rotatable bonds is 3. The second-order valence-corrected chi connectivity index (χ2v) is 3.87. The van der Waals surface area contributed by atoms with Gasteiger partial charge in [-0.05, 0) is 19.9 Å². The number of amides is 1. The highest BCUT2D eigenvalue weighted by atomic mass is 19.1. The van der Waals surface area contributed by atoms with Crippen LogP contribution < -0.4 is 5.32 Å². The summed E-state index contributed by atoms with van der Waals surface area (Å²) in [6.45, 7) is 3.50. The van der Waals surface area contributed by atoms with E-state index in [0.717, 1.165) is 6.07 Å². The molecule has 2 heterocycles. The van der Waals surface area contributed by atoms with E-state index in [1.165, 1.54) is 12.3 Å². The molecule has 0 aromatic carbocycles. The number of hydrogen-bond donors (Lipinski definition) is 1. The van der Waals surface area contributed by atoms with Crippen LogP contribution in [0.3, 0.4) is 0 Å². The number of aromatic nitrogens is 2. The minimum absolute atomic E-state index is 0.206. The van der Waals surface area contributed by atoms with Gasteiger partial charge >= 0.3 is 0 Å². The molecule has 0 aliphatic carbocycles. The molecule has 0 radical (unpaired) electrons. The van der Waals surface area contributed by atoms with Crippen LogP contribution in [-0.4, -0.2) is 15.9 Å². The molecule has 94 valence electrons. The minimum atomic E-state index is -0.692. The zero-order valence-electron chi connectivity index (χ0n) is 9.98. The van der Waals surface area contributed by atoms with Gasteiger partial charge in [-0.1, -0.05) is 0 Å². The summed E-state index contributed by atoms with van der Waals surface area (Å²) in [7, 11) is 0. The van der Waals surface area contributed by atoms with E-state index in [9.17, 15) is 9.18 Å². The zero-order chi connectivity index (χ0) is 13.1. The smallest absolute Gasteiger partial charge is 0.252 e. The van der Waals surface area contributed by atoms with Crippen molar-refractivity contribution < 1.29 is 13.6 Å². The monoisotopic (exact) mass is 249 g/mol. The molecule has 0 aliphatic heterocycles. The van der Waals surface area contributed by atoms with Gasteiger partial charge in [0.25, 0.3) is 5.91 Å². The molecule has 5 nitrogen and oxygen atoms in total. The van der Waals surface area contributed by atoms with E-state index in [1.807, 2.05) is 0 Å². The van der Waals surface area contributed by atoms with Gasteiger partial charge in [0.15, 0.2) is 0 Å². The molecule has 1 atom stereocenters. The Kier molecular flexibility index (Phi) is 3.36. The molecule has 1 unspecified atom stereocenters. The van der Waals surface area contributed by atoms with Gasteiger partial charge < -0.3 is 9.73 Å². The number of aryl methyl sites for hydroxylation is 1. The molecule has 1 amide bonds. The van der Waals surface area contributed by atoms with Crippen molar-refractivity contribution in [3.8, 4) is 0 Å². The van der Waals surface area contributed by atoms with Crippen LogP contribution in [0, 0.1) is 12.9 Å². The highest BCUT2D eigenvalue weighted by Crippen LogP contribution is 2.12. The maximum Gasteiger partial charge on any atom is 0.252 e. The number of halogens is 1. The summed E-state index contributed by atoms with van der Waals surface area (Å²) in [4.78, 5) is 19.2. The largest absolute Gasteiger partial charge is 0.444 e. The van der Waals surface area contributed by atoms with Gasteiger partial charge in [0.2, 0.25) is 11.8 Å². The summed E-state index contributed by atoms with van der Waals surface area (Å²) >= 11 is 0. The van der Waals surface area contributed by atoms with E-state index in [2.05, 4.69) is 15.3 Å². The number of hydrogen-bond acceptors (Lipinski definition) is 4. The first-order valence-electron chi connectivity index (χ1n) is 5.41. The molecule has 0 bridgehead atoms. The maximum atomic E-state index is 12.9. The topological polar surface area (TPSA) is 68.0 Å². The summed E-state index contributed by atoms with van der Waals surface area (Å²) in [6.07, 6.45) is 2.81. The van der Waals surface area contributed by atoms with Gasteiger partial charge in [-0.15, -0.1) is 0 Å². The summed E-state index contributed by atoms with van der Waals surface area (Å²) in [6, 6.07) is 2.12. The molecule has 2 rings (SSSR count). The van der Waals surface area contributed by atoms with Crippen LogP contribution in [0.5, 0.6) is 0 Å². The van der Waals surface area contributed by atoms with Gasteiger partial charge in [-0.25, -0.2) is 9.97 Å². The van der Waals surface area contributed by atoms with Crippen LogP contribution in [-0.2, 0) is 0 Å². The van der Waals surface area contributed by atoms with Gasteiger partial charge in [-0.3, -0.25) is 4.79 Å². The first-order valence-corrected chi connectivity index (χ1v) is 5.41.